The highest BCUT2D eigenvalue weighted by Gasteiger charge is 2.25. The van der Waals surface area contributed by atoms with Crippen LogP contribution in [-0.4, -0.2) is 37.2 Å². The average Bonchev–Trinajstić information content (AvgIpc) is 2.39. The van der Waals surface area contributed by atoms with E-state index in [4.69, 9.17) is 10.2 Å². The number of nitrogens with one attached hydrogen (secondary N) is 1. The van der Waals surface area contributed by atoms with Gasteiger partial charge >= 0.3 is 5.97 Å². The van der Waals surface area contributed by atoms with Crippen LogP contribution >= 0.6 is 15.9 Å². The molecule has 2 unspecified atom stereocenters. The maximum Gasteiger partial charge on any atom is 0.335 e. The van der Waals surface area contributed by atoms with Gasteiger partial charge in [0.25, 0.3) is 0 Å². The number of sulfonamides is 1. The molecule has 8 heteroatoms. The number of aliphatic hydroxyl groups is 1. The predicted molar refractivity (Wildman–Crippen MR) is 81.9 cm³/mol. The fourth-order valence-corrected chi connectivity index (χ4v) is 4.03. The number of halogens is 1. The molecule has 0 saturated carbocycles. The van der Waals surface area contributed by atoms with Crippen LogP contribution < -0.4 is 4.72 Å². The number of hydrogen-bond acceptors (Lipinski definition) is 4. The number of carboxylic acids is 1. The van der Waals surface area contributed by atoms with Gasteiger partial charge in [0.2, 0.25) is 10.0 Å². The standard InChI is InChI=1S/C13H18BrNO5S/c1-7-4-10(13(17)18)5-11(12(7)14)21(19,20)15-9(3)8(2)6-16/h4-5,8-9,15-16H,6H2,1-3H3,(H,17,18). The second-order valence-electron chi connectivity index (χ2n) is 4.98. The lowest BCUT2D eigenvalue weighted by Gasteiger charge is -2.20. The molecule has 0 aliphatic heterocycles. The minimum absolute atomic E-state index is 0.0982. The van der Waals surface area contributed by atoms with E-state index < -0.39 is 22.0 Å². The van der Waals surface area contributed by atoms with E-state index >= 15 is 0 Å². The van der Waals surface area contributed by atoms with Gasteiger partial charge in [0.1, 0.15) is 0 Å². The van der Waals surface area contributed by atoms with Crippen molar-refractivity contribution < 1.29 is 23.4 Å². The van der Waals surface area contributed by atoms with Gasteiger partial charge in [0.05, 0.1) is 10.5 Å². The summed E-state index contributed by atoms with van der Waals surface area (Å²) in [5, 5.41) is 18.1. The van der Waals surface area contributed by atoms with E-state index in [9.17, 15) is 13.2 Å². The topological polar surface area (TPSA) is 104 Å². The van der Waals surface area contributed by atoms with E-state index in [1.807, 2.05) is 0 Å². The molecule has 0 radical (unpaired) electrons. The molecule has 1 aromatic rings. The van der Waals surface area contributed by atoms with E-state index in [-0.39, 0.29) is 23.0 Å². The predicted octanol–water partition coefficient (Wildman–Crippen LogP) is 1.75. The van der Waals surface area contributed by atoms with E-state index in [2.05, 4.69) is 20.7 Å². The van der Waals surface area contributed by atoms with Crippen LogP contribution in [0.3, 0.4) is 0 Å². The lowest BCUT2D eigenvalue weighted by molar-refractivity contribution is 0.0696. The largest absolute Gasteiger partial charge is 0.478 e. The van der Waals surface area contributed by atoms with Crippen LogP contribution in [0.2, 0.25) is 0 Å². The summed E-state index contributed by atoms with van der Waals surface area (Å²) >= 11 is 3.18. The molecular weight excluding hydrogens is 362 g/mol. The van der Waals surface area contributed by atoms with Gasteiger partial charge in [-0.1, -0.05) is 6.92 Å². The summed E-state index contributed by atoms with van der Waals surface area (Å²) in [6.07, 6.45) is 0. The Balaban J connectivity index is 3.28. The van der Waals surface area contributed by atoms with E-state index in [0.29, 0.717) is 10.0 Å². The van der Waals surface area contributed by atoms with Crippen molar-refractivity contribution >= 4 is 31.9 Å². The summed E-state index contributed by atoms with van der Waals surface area (Å²) in [7, 11) is -3.90. The Bertz CT molecular complexity index is 644. The first-order chi connectivity index (χ1) is 9.60. The second-order valence-corrected chi connectivity index (χ2v) is 7.46. The SMILES string of the molecule is Cc1cc(C(=O)O)cc(S(=O)(=O)NC(C)C(C)CO)c1Br. The van der Waals surface area contributed by atoms with Gasteiger partial charge in [-0.25, -0.2) is 17.9 Å². The van der Waals surface area contributed by atoms with Gasteiger partial charge in [-0.2, -0.15) is 0 Å². The zero-order chi connectivity index (χ0) is 16.4. The summed E-state index contributed by atoms with van der Waals surface area (Å²) in [4.78, 5) is 10.9. The molecule has 6 nitrogen and oxygen atoms in total. The third kappa shape index (κ3) is 4.26. The molecule has 118 valence electrons. The molecule has 3 N–H and O–H groups in total. The van der Waals surface area contributed by atoms with Crippen molar-refractivity contribution in [2.24, 2.45) is 5.92 Å². The Morgan fingerprint density at radius 2 is 1.95 bits per heavy atom. The third-order valence-corrected chi connectivity index (χ3v) is 6.14. The number of rotatable bonds is 6. The van der Waals surface area contributed by atoms with Gasteiger partial charge in [-0.15, -0.1) is 0 Å². The van der Waals surface area contributed by atoms with E-state index in [0.717, 1.165) is 6.07 Å². The minimum Gasteiger partial charge on any atom is -0.478 e. The summed E-state index contributed by atoms with van der Waals surface area (Å²) in [5.41, 5.74) is 0.414. The van der Waals surface area contributed by atoms with Crippen molar-refractivity contribution in [3.63, 3.8) is 0 Å². The molecule has 21 heavy (non-hydrogen) atoms. The fraction of sp³-hybridized carbons (Fsp3) is 0.462. The van der Waals surface area contributed by atoms with Crippen LogP contribution in [0.4, 0.5) is 0 Å². The Hall–Kier alpha value is -0.960. The van der Waals surface area contributed by atoms with Gasteiger partial charge in [-0.3, -0.25) is 0 Å². The molecule has 1 rings (SSSR count). The molecule has 0 aromatic heterocycles. The molecule has 0 spiro atoms. The van der Waals surface area contributed by atoms with Crippen molar-refractivity contribution in [2.45, 2.75) is 31.7 Å². The van der Waals surface area contributed by atoms with Gasteiger partial charge in [0, 0.05) is 17.1 Å². The van der Waals surface area contributed by atoms with Crippen molar-refractivity contribution in [3.05, 3.63) is 27.7 Å². The maximum atomic E-state index is 12.4. The smallest absolute Gasteiger partial charge is 0.335 e. The number of carboxylic acid groups (broad SMARTS) is 1. The van der Waals surface area contributed by atoms with E-state index in [1.54, 1.807) is 20.8 Å². The monoisotopic (exact) mass is 379 g/mol. The first kappa shape index (κ1) is 18.1. The zero-order valence-electron chi connectivity index (χ0n) is 11.9. The molecule has 0 bridgehead atoms. The number of carbonyl (C=O) groups is 1. The van der Waals surface area contributed by atoms with Crippen molar-refractivity contribution in [2.75, 3.05) is 6.61 Å². The molecule has 0 heterocycles. The number of aliphatic hydroxyl groups excluding tert-OH is 1. The average molecular weight is 380 g/mol. The molecule has 1 aromatic carbocycles. The molecule has 0 fully saturated rings. The van der Waals surface area contributed by atoms with Crippen LogP contribution in [0.1, 0.15) is 29.8 Å². The first-order valence-electron chi connectivity index (χ1n) is 6.26. The third-order valence-electron chi connectivity index (χ3n) is 3.24. The Morgan fingerprint density at radius 1 is 1.38 bits per heavy atom. The molecule has 2 atom stereocenters. The minimum atomic E-state index is -3.90. The summed E-state index contributed by atoms with van der Waals surface area (Å²) in [6.45, 7) is 4.82. The van der Waals surface area contributed by atoms with Gasteiger partial charge in [-0.05, 0) is 53.4 Å². The number of aryl methyl sites for hydroxylation is 1. The lowest BCUT2D eigenvalue weighted by atomic mass is 10.1. The van der Waals surface area contributed by atoms with Crippen LogP contribution in [-0.2, 0) is 10.0 Å². The summed E-state index contributed by atoms with van der Waals surface area (Å²) < 4.78 is 27.6. The molecule has 0 aliphatic carbocycles. The van der Waals surface area contributed by atoms with Crippen LogP contribution in [0.25, 0.3) is 0 Å². The Morgan fingerprint density at radius 3 is 2.43 bits per heavy atom. The highest BCUT2D eigenvalue weighted by atomic mass is 79.9. The van der Waals surface area contributed by atoms with Gasteiger partial charge in [0.15, 0.2) is 0 Å². The van der Waals surface area contributed by atoms with E-state index in [1.165, 1.54) is 6.07 Å². The molecule has 0 saturated heterocycles. The molecular formula is C13H18BrNO5S. The zero-order valence-corrected chi connectivity index (χ0v) is 14.3. The Labute approximate surface area is 132 Å². The maximum absolute atomic E-state index is 12.4. The second kappa shape index (κ2) is 6.87. The van der Waals surface area contributed by atoms with Crippen LogP contribution in [0.15, 0.2) is 21.5 Å². The first-order valence-corrected chi connectivity index (χ1v) is 8.54. The Kier molecular flexibility index (Phi) is 5.92. The number of hydrogen-bond donors (Lipinski definition) is 3. The quantitative estimate of drug-likeness (QED) is 0.698. The highest BCUT2D eigenvalue weighted by molar-refractivity contribution is 9.10. The number of aromatic carboxylic acids is 1. The highest BCUT2D eigenvalue weighted by Crippen LogP contribution is 2.27. The fourth-order valence-electron chi connectivity index (χ4n) is 1.64. The summed E-state index contributed by atoms with van der Waals surface area (Å²) in [5.74, 6) is -1.46. The van der Waals surface area contributed by atoms with Crippen LogP contribution in [0.5, 0.6) is 0 Å². The number of benzene rings is 1. The lowest BCUT2D eigenvalue weighted by Crippen LogP contribution is -2.38. The van der Waals surface area contributed by atoms with Gasteiger partial charge < -0.3 is 10.2 Å². The summed E-state index contributed by atoms with van der Waals surface area (Å²) in [6, 6.07) is 2.02. The normalized spacial score (nSPS) is 14.7. The van der Waals surface area contributed by atoms with Crippen LogP contribution in [0, 0.1) is 12.8 Å². The van der Waals surface area contributed by atoms with Crippen molar-refractivity contribution in [3.8, 4) is 0 Å². The molecule has 0 amide bonds. The molecule has 0 aliphatic rings. The van der Waals surface area contributed by atoms with Crippen molar-refractivity contribution in [1.82, 2.24) is 4.72 Å². The van der Waals surface area contributed by atoms with Crippen molar-refractivity contribution in [1.29, 1.82) is 0 Å².